The zero-order valence-electron chi connectivity index (χ0n) is 22.6. The van der Waals surface area contributed by atoms with E-state index in [0.717, 1.165) is 53.4 Å². The van der Waals surface area contributed by atoms with Crippen LogP contribution in [0.3, 0.4) is 0 Å². The van der Waals surface area contributed by atoms with Crippen molar-refractivity contribution >= 4 is 28.3 Å². The normalized spacial score (nSPS) is 14.2. The quantitative estimate of drug-likeness (QED) is 0.239. The van der Waals surface area contributed by atoms with Crippen LogP contribution < -0.4 is 4.74 Å². The largest absolute Gasteiger partial charge is 0.478 e. The minimum atomic E-state index is -0.962. The van der Waals surface area contributed by atoms with Crippen molar-refractivity contribution in [1.82, 2.24) is 24.4 Å². The minimum absolute atomic E-state index is 0.0307. The first-order chi connectivity index (χ1) is 20.5. The van der Waals surface area contributed by atoms with Gasteiger partial charge in [0, 0.05) is 34.3 Å². The number of fused-ring (bicyclic) bond motifs is 1. The standard InChI is InChI=1S/C31H27FN6O3S/c32-25-12-20(14-33)4-5-23(25)18-41-30-3-1-2-26(36-30)21-8-10-37(11-9-21)17-29-35-27-7-6-22(31(39)40)13-28(27)38(29)16-24-15-34-19-42-24/h1-7,12-13,15,19,21H,8-11,16-18H2,(H,39,40). The average Bonchev–Trinajstić information content (AvgIpc) is 3.65. The molecule has 0 bridgehead atoms. The Hall–Kier alpha value is -4.66. The average molecular weight is 583 g/mol. The summed E-state index contributed by atoms with van der Waals surface area (Å²) in [5, 5.41) is 18.5. The van der Waals surface area contributed by atoms with Gasteiger partial charge in [0.1, 0.15) is 18.2 Å². The lowest BCUT2D eigenvalue weighted by atomic mass is 9.93. The smallest absolute Gasteiger partial charge is 0.335 e. The summed E-state index contributed by atoms with van der Waals surface area (Å²) in [6.45, 7) is 2.98. The highest BCUT2D eigenvalue weighted by Crippen LogP contribution is 2.30. The molecule has 4 heterocycles. The number of rotatable bonds is 9. The summed E-state index contributed by atoms with van der Waals surface area (Å²) in [6.07, 6.45) is 3.66. The molecule has 5 aromatic rings. The van der Waals surface area contributed by atoms with Crippen molar-refractivity contribution in [3.8, 4) is 11.9 Å². The van der Waals surface area contributed by atoms with Crippen molar-refractivity contribution in [2.75, 3.05) is 13.1 Å². The zero-order chi connectivity index (χ0) is 29.1. The van der Waals surface area contributed by atoms with Crippen LogP contribution in [0.4, 0.5) is 4.39 Å². The van der Waals surface area contributed by atoms with E-state index in [0.29, 0.717) is 24.5 Å². The van der Waals surface area contributed by atoms with E-state index in [1.165, 1.54) is 6.07 Å². The molecule has 1 aliphatic rings. The van der Waals surface area contributed by atoms with Crippen LogP contribution in [0.15, 0.2) is 66.3 Å². The SMILES string of the molecule is N#Cc1ccc(COc2cccc(C3CCN(Cc4nc5ccc(C(=O)O)cc5n4Cc4cncs4)CC3)n2)c(F)c1. The maximum Gasteiger partial charge on any atom is 0.335 e. The summed E-state index contributed by atoms with van der Waals surface area (Å²) in [6, 6.07) is 17.0. The van der Waals surface area contributed by atoms with Gasteiger partial charge in [-0.2, -0.15) is 5.26 Å². The summed E-state index contributed by atoms with van der Waals surface area (Å²) in [5.41, 5.74) is 5.20. The lowest BCUT2D eigenvalue weighted by Crippen LogP contribution is -2.33. The first kappa shape index (κ1) is 27.5. The van der Waals surface area contributed by atoms with Gasteiger partial charge in [-0.25, -0.2) is 19.2 Å². The number of carboxylic acid groups (broad SMARTS) is 1. The molecule has 0 unspecified atom stereocenters. The first-order valence-electron chi connectivity index (χ1n) is 13.6. The number of aromatic carboxylic acids is 1. The molecule has 6 rings (SSSR count). The highest BCUT2D eigenvalue weighted by atomic mass is 32.1. The summed E-state index contributed by atoms with van der Waals surface area (Å²) in [7, 11) is 0. The fourth-order valence-electron chi connectivity index (χ4n) is 5.29. The van der Waals surface area contributed by atoms with Gasteiger partial charge in [-0.05, 0) is 62.3 Å². The van der Waals surface area contributed by atoms with Gasteiger partial charge >= 0.3 is 5.97 Å². The second-order valence-electron chi connectivity index (χ2n) is 10.2. The van der Waals surface area contributed by atoms with Crippen LogP contribution in [0.1, 0.15) is 56.6 Å². The molecular formula is C31H27FN6O3S. The molecule has 1 fully saturated rings. The third-order valence-electron chi connectivity index (χ3n) is 7.55. The number of thiazole rings is 1. The molecule has 2 aromatic carbocycles. The number of benzene rings is 2. The van der Waals surface area contributed by atoms with E-state index in [4.69, 9.17) is 20.0 Å². The Balaban J connectivity index is 1.12. The number of halogens is 1. The van der Waals surface area contributed by atoms with Crippen LogP contribution in [0.2, 0.25) is 0 Å². The lowest BCUT2D eigenvalue weighted by molar-refractivity contribution is 0.0697. The highest BCUT2D eigenvalue weighted by Gasteiger charge is 2.24. The van der Waals surface area contributed by atoms with Gasteiger partial charge < -0.3 is 14.4 Å². The number of ether oxygens (including phenoxy) is 1. The van der Waals surface area contributed by atoms with Gasteiger partial charge in [-0.15, -0.1) is 11.3 Å². The zero-order valence-corrected chi connectivity index (χ0v) is 23.4. The molecular weight excluding hydrogens is 555 g/mol. The molecule has 0 aliphatic carbocycles. The number of likely N-dealkylation sites (tertiary alicyclic amines) is 1. The van der Waals surface area contributed by atoms with E-state index in [1.807, 2.05) is 24.4 Å². The Kier molecular flexibility index (Phi) is 7.90. The third kappa shape index (κ3) is 6.00. The number of carboxylic acids is 1. The van der Waals surface area contributed by atoms with Crippen LogP contribution in [-0.4, -0.2) is 48.6 Å². The van der Waals surface area contributed by atoms with Crippen LogP contribution in [0, 0.1) is 17.1 Å². The predicted octanol–water partition coefficient (Wildman–Crippen LogP) is 5.60. The number of nitriles is 1. The molecule has 11 heteroatoms. The number of pyridine rings is 1. The Labute approximate surface area is 245 Å². The summed E-state index contributed by atoms with van der Waals surface area (Å²) in [4.78, 5) is 28.8. The van der Waals surface area contributed by atoms with Crippen molar-refractivity contribution < 1.29 is 19.0 Å². The number of hydrogen-bond acceptors (Lipinski definition) is 8. The van der Waals surface area contributed by atoms with E-state index in [-0.39, 0.29) is 23.7 Å². The molecule has 3 aromatic heterocycles. The van der Waals surface area contributed by atoms with Crippen molar-refractivity contribution in [3.05, 3.63) is 105 Å². The van der Waals surface area contributed by atoms with Crippen molar-refractivity contribution in [3.63, 3.8) is 0 Å². The topological polar surface area (TPSA) is 117 Å². The van der Waals surface area contributed by atoms with Crippen molar-refractivity contribution in [2.45, 2.75) is 38.5 Å². The molecule has 0 radical (unpaired) electrons. The minimum Gasteiger partial charge on any atom is -0.478 e. The number of nitrogens with zero attached hydrogens (tertiary/aromatic N) is 6. The molecule has 9 nitrogen and oxygen atoms in total. The first-order valence-corrected chi connectivity index (χ1v) is 14.5. The van der Waals surface area contributed by atoms with E-state index >= 15 is 0 Å². The van der Waals surface area contributed by atoms with E-state index < -0.39 is 11.8 Å². The molecule has 1 saturated heterocycles. The second-order valence-corrected chi connectivity index (χ2v) is 11.2. The van der Waals surface area contributed by atoms with E-state index in [1.54, 1.807) is 53.2 Å². The number of carbonyl (C=O) groups is 1. The van der Waals surface area contributed by atoms with Crippen LogP contribution in [-0.2, 0) is 19.7 Å². The predicted molar refractivity (Wildman–Crippen MR) is 155 cm³/mol. The fourth-order valence-corrected chi connectivity index (χ4v) is 5.87. The van der Waals surface area contributed by atoms with Gasteiger partial charge in [0.2, 0.25) is 5.88 Å². The van der Waals surface area contributed by atoms with Crippen molar-refractivity contribution in [2.24, 2.45) is 0 Å². The summed E-state index contributed by atoms with van der Waals surface area (Å²) < 4.78 is 22.1. The number of piperidine rings is 1. The molecule has 212 valence electrons. The monoisotopic (exact) mass is 582 g/mol. The summed E-state index contributed by atoms with van der Waals surface area (Å²) >= 11 is 1.56. The molecule has 1 N–H and O–H groups in total. The van der Waals surface area contributed by atoms with Crippen LogP contribution >= 0.6 is 11.3 Å². The fraction of sp³-hybridized carbons (Fsp3) is 0.258. The number of aromatic nitrogens is 4. The highest BCUT2D eigenvalue weighted by molar-refractivity contribution is 7.09. The Morgan fingerprint density at radius 3 is 2.71 bits per heavy atom. The number of imidazole rings is 1. The maximum atomic E-state index is 14.2. The van der Waals surface area contributed by atoms with Crippen LogP contribution in [0.25, 0.3) is 11.0 Å². The molecule has 1 aliphatic heterocycles. The molecule has 42 heavy (non-hydrogen) atoms. The molecule has 0 amide bonds. The summed E-state index contributed by atoms with van der Waals surface area (Å²) in [5.74, 6) is 0.167. The van der Waals surface area contributed by atoms with Crippen LogP contribution in [0.5, 0.6) is 5.88 Å². The van der Waals surface area contributed by atoms with Gasteiger partial charge in [0.25, 0.3) is 0 Å². The van der Waals surface area contributed by atoms with E-state index in [2.05, 4.69) is 14.5 Å². The van der Waals surface area contributed by atoms with Crippen molar-refractivity contribution in [1.29, 1.82) is 5.26 Å². The van der Waals surface area contributed by atoms with Gasteiger partial charge in [0.15, 0.2) is 0 Å². The Bertz CT molecular complexity index is 1770. The third-order valence-corrected chi connectivity index (χ3v) is 8.31. The Morgan fingerprint density at radius 2 is 1.98 bits per heavy atom. The number of hydrogen-bond donors (Lipinski definition) is 1. The van der Waals surface area contributed by atoms with Gasteiger partial charge in [-0.3, -0.25) is 9.88 Å². The molecule has 0 spiro atoms. The van der Waals surface area contributed by atoms with Gasteiger partial charge in [0.05, 0.1) is 46.8 Å². The Morgan fingerprint density at radius 1 is 1.12 bits per heavy atom. The van der Waals surface area contributed by atoms with Gasteiger partial charge in [-0.1, -0.05) is 12.1 Å². The second kappa shape index (κ2) is 12.1. The maximum absolute atomic E-state index is 14.2. The lowest BCUT2D eigenvalue weighted by Gasteiger charge is -2.31. The van der Waals surface area contributed by atoms with E-state index in [9.17, 15) is 14.3 Å². The molecule has 0 atom stereocenters. The molecule has 0 saturated carbocycles.